The molecule has 0 atom stereocenters. The van der Waals surface area contributed by atoms with Crippen LogP contribution >= 0.6 is 23.4 Å². The highest BCUT2D eigenvalue weighted by Crippen LogP contribution is 2.24. The van der Waals surface area contributed by atoms with Crippen LogP contribution < -0.4 is 5.84 Å². The molecule has 140 valence electrons. The van der Waals surface area contributed by atoms with Gasteiger partial charge in [-0.25, -0.2) is 4.68 Å². The summed E-state index contributed by atoms with van der Waals surface area (Å²) in [5.74, 6) is 6.88. The van der Waals surface area contributed by atoms with Gasteiger partial charge in [0.05, 0.1) is 5.75 Å². The van der Waals surface area contributed by atoms with E-state index in [1.54, 1.807) is 17.0 Å². The highest BCUT2D eigenvalue weighted by molar-refractivity contribution is 7.99. The molecule has 2 aromatic carbocycles. The molecule has 0 saturated heterocycles. The molecule has 0 spiro atoms. The van der Waals surface area contributed by atoms with Gasteiger partial charge in [0, 0.05) is 23.7 Å². The van der Waals surface area contributed by atoms with Crippen molar-refractivity contribution in [1.82, 2.24) is 19.8 Å². The number of carbonyl (C=O) groups excluding carboxylic acids is 1. The molecule has 3 rings (SSSR count). The first-order valence-corrected chi connectivity index (χ1v) is 9.85. The van der Waals surface area contributed by atoms with E-state index in [-0.39, 0.29) is 11.7 Å². The van der Waals surface area contributed by atoms with Gasteiger partial charge in [0.1, 0.15) is 0 Å². The van der Waals surface area contributed by atoms with Gasteiger partial charge in [-0.2, -0.15) is 0 Å². The highest BCUT2D eigenvalue weighted by atomic mass is 35.5. The first-order valence-electron chi connectivity index (χ1n) is 8.49. The number of carbonyl (C=O) groups is 1. The molecular formula is C19H20ClN5OS. The van der Waals surface area contributed by atoms with E-state index in [1.165, 1.54) is 16.4 Å². The van der Waals surface area contributed by atoms with Gasteiger partial charge in [-0.15, -0.1) is 10.2 Å². The lowest BCUT2D eigenvalue weighted by atomic mass is 10.2. The number of nitrogens with two attached hydrogens (primary N) is 1. The fourth-order valence-corrected chi connectivity index (χ4v) is 3.55. The van der Waals surface area contributed by atoms with Crippen molar-refractivity contribution in [1.29, 1.82) is 0 Å². The van der Waals surface area contributed by atoms with Crippen LogP contribution in [0.5, 0.6) is 0 Å². The summed E-state index contributed by atoms with van der Waals surface area (Å²) in [5.41, 5.74) is 1.87. The van der Waals surface area contributed by atoms with Crippen molar-refractivity contribution in [2.24, 2.45) is 0 Å². The molecule has 2 N–H and O–H groups in total. The van der Waals surface area contributed by atoms with Gasteiger partial charge in [-0.1, -0.05) is 65.8 Å². The number of hydrogen-bond donors (Lipinski definition) is 1. The van der Waals surface area contributed by atoms with E-state index in [4.69, 9.17) is 17.4 Å². The Morgan fingerprint density at radius 2 is 1.96 bits per heavy atom. The summed E-state index contributed by atoms with van der Waals surface area (Å²) >= 11 is 7.29. The maximum absolute atomic E-state index is 12.6. The Labute approximate surface area is 167 Å². The van der Waals surface area contributed by atoms with Crippen LogP contribution in [0, 0.1) is 0 Å². The number of nitrogen functional groups attached to an aromatic ring is 1. The van der Waals surface area contributed by atoms with Crippen LogP contribution in [0.2, 0.25) is 5.02 Å². The van der Waals surface area contributed by atoms with E-state index in [1.807, 2.05) is 49.4 Å². The van der Waals surface area contributed by atoms with E-state index in [0.29, 0.717) is 29.1 Å². The summed E-state index contributed by atoms with van der Waals surface area (Å²) in [5, 5.41) is 9.30. The lowest BCUT2D eigenvalue weighted by Gasteiger charge is -2.20. The molecule has 0 aliphatic carbocycles. The van der Waals surface area contributed by atoms with Gasteiger partial charge in [-0.05, 0) is 24.6 Å². The van der Waals surface area contributed by atoms with Crippen molar-refractivity contribution in [3.63, 3.8) is 0 Å². The summed E-state index contributed by atoms with van der Waals surface area (Å²) < 4.78 is 1.39. The van der Waals surface area contributed by atoms with Crippen LogP contribution in [-0.4, -0.2) is 38.0 Å². The summed E-state index contributed by atoms with van der Waals surface area (Å²) in [4.78, 5) is 14.4. The molecular weight excluding hydrogens is 382 g/mol. The third-order valence-electron chi connectivity index (χ3n) is 4.02. The fourth-order valence-electron chi connectivity index (χ4n) is 2.60. The molecule has 0 aliphatic heterocycles. The largest absolute Gasteiger partial charge is 0.338 e. The Morgan fingerprint density at radius 3 is 2.67 bits per heavy atom. The van der Waals surface area contributed by atoms with Crippen LogP contribution in [0.1, 0.15) is 12.5 Å². The number of hydrogen-bond acceptors (Lipinski definition) is 5. The minimum Gasteiger partial charge on any atom is -0.338 e. The summed E-state index contributed by atoms with van der Waals surface area (Å²) in [6.45, 7) is 3.19. The lowest BCUT2D eigenvalue weighted by molar-refractivity contribution is -0.128. The zero-order valence-electron chi connectivity index (χ0n) is 14.9. The molecule has 1 heterocycles. The molecule has 1 aromatic heterocycles. The molecule has 0 fully saturated rings. The minimum atomic E-state index is 0.0265. The van der Waals surface area contributed by atoms with Crippen molar-refractivity contribution in [2.45, 2.75) is 18.6 Å². The van der Waals surface area contributed by atoms with Gasteiger partial charge in [0.15, 0.2) is 5.82 Å². The maximum atomic E-state index is 12.6. The zero-order valence-corrected chi connectivity index (χ0v) is 16.5. The maximum Gasteiger partial charge on any atom is 0.233 e. The predicted octanol–water partition coefficient (Wildman–Crippen LogP) is 3.45. The van der Waals surface area contributed by atoms with E-state index >= 15 is 0 Å². The molecule has 0 radical (unpaired) electrons. The number of nitrogens with zero attached hydrogens (tertiary/aromatic N) is 4. The third kappa shape index (κ3) is 4.81. The van der Waals surface area contributed by atoms with Crippen LogP contribution in [0.25, 0.3) is 11.4 Å². The Kier molecular flexibility index (Phi) is 6.36. The summed E-state index contributed by atoms with van der Waals surface area (Å²) in [6.07, 6.45) is 0. The second kappa shape index (κ2) is 8.92. The van der Waals surface area contributed by atoms with Gasteiger partial charge in [-0.3, -0.25) is 4.79 Å². The quantitative estimate of drug-likeness (QED) is 0.484. The average molecular weight is 402 g/mol. The second-order valence-corrected chi connectivity index (χ2v) is 7.25. The zero-order chi connectivity index (χ0) is 19.2. The molecule has 0 aliphatic rings. The third-order valence-corrected chi connectivity index (χ3v) is 5.19. The number of rotatable bonds is 7. The Hall–Kier alpha value is -2.51. The molecule has 8 heteroatoms. The first-order chi connectivity index (χ1) is 13.1. The van der Waals surface area contributed by atoms with Crippen LogP contribution in [0.15, 0.2) is 59.8 Å². The van der Waals surface area contributed by atoms with E-state index in [2.05, 4.69) is 10.2 Å². The number of thioether (sulfide) groups is 1. The number of halogens is 1. The van der Waals surface area contributed by atoms with Crippen molar-refractivity contribution < 1.29 is 4.79 Å². The van der Waals surface area contributed by atoms with Gasteiger partial charge >= 0.3 is 0 Å². The Morgan fingerprint density at radius 1 is 1.19 bits per heavy atom. The first kappa shape index (κ1) is 19.3. The molecule has 27 heavy (non-hydrogen) atoms. The average Bonchev–Trinajstić information content (AvgIpc) is 3.05. The molecule has 6 nitrogen and oxygen atoms in total. The predicted molar refractivity (Wildman–Crippen MR) is 109 cm³/mol. The van der Waals surface area contributed by atoms with Crippen LogP contribution in [0.4, 0.5) is 0 Å². The molecule has 0 unspecified atom stereocenters. The van der Waals surface area contributed by atoms with Crippen molar-refractivity contribution in [2.75, 3.05) is 18.1 Å². The van der Waals surface area contributed by atoms with Crippen LogP contribution in [-0.2, 0) is 11.3 Å². The smallest absolute Gasteiger partial charge is 0.233 e. The lowest BCUT2D eigenvalue weighted by Crippen LogP contribution is -2.31. The SMILES string of the molecule is CCN(Cc1ccccc1)C(=O)CSc1nnc(-c2cccc(Cl)c2)n1N. The molecule has 1 amide bonds. The van der Waals surface area contributed by atoms with Gasteiger partial charge < -0.3 is 10.7 Å². The fraction of sp³-hybridized carbons (Fsp3) is 0.211. The van der Waals surface area contributed by atoms with Gasteiger partial charge in [0.25, 0.3) is 0 Å². The second-order valence-electron chi connectivity index (χ2n) is 5.87. The Balaban J connectivity index is 1.65. The number of amides is 1. The molecule has 0 saturated carbocycles. The highest BCUT2D eigenvalue weighted by Gasteiger charge is 2.17. The van der Waals surface area contributed by atoms with E-state index in [9.17, 15) is 4.79 Å². The number of aromatic nitrogens is 3. The van der Waals surface area contributed by atoms with Gasteiger partial charge in [0.2, 0.25) is 11.1 Å². The molecule has 0 bridgehead atoms. The standard InChI is InChI=1S/C19H20ClN5OS/c1-2-24(12-14-7-4-3-5-8-14)17(26)13-27-19-23-22-18(25(19)21)15-9-6-10-16(20)11-15/h3-11H,2,12-13,21H2,1H3. The van der Waals surface area contributed by atoms with E-state index < -0.39 is 0 Å². The number of benzene rings is 2. The molecule has 3 aromatic rings. The monoisotopic (exact) mass is 401 g/mol. The Bertz CT molecular complexity index is 915. The normalized spacial score (nSPS) is 10.7. The van der Waals surface area contributed by atoms with Crippen molar-refractivity contribution in [3.8, 4) is 11.4 Å². The topological polar surface area (TPSA) is 77.0 Å². The minimum absolute atomic E-state index is 0.0265. The van der Waals surface area contributed by atoms with Crippen molar-refractivity contribution in [3.05, 3.63) is 65.2 Å². The van der Waals surface area contributed by atoms with Crippen LogP contribution in [0.3, 0.4) is 0 Å². The summed E-state index contributed by atoms with van der Waals surface area (Å²) in [6, 6.07) is 17.2. The summed E-state index contributed by atoms with van der Waals surface area (Å²) in [7, 11) is 0. The van der Waals surface area contributed by atoms with Crippen molar-refractivity contribution >= 4 is 29.3 Å². The van der Waals surface area contributed by atoms with E-state index in [0.717, 1.165) is 11.1 Å².